The third kappa shape index (κ3) is 1.72. The first-order valence-corrected chi connectivity index (χ1v) is 6.12. The van der Waals surface area contributed by atoms with Gasteiger partial charge in [0, 0.05) is 11.5 Å². The highest BCUT2D eigenvalue weighted by Crippen LogP contribution is 2.39. The predicted octanol–water partition coefficient (Wildman–Crippen LogP) is 2.29. The number of nitrogens with zero attached hydrogens (tertiary/aromatic N) is 3. The fourth-order valence-electron chi connectivity index (χ4n) is 2.50. The molecule has 1 heterocycles. The zero-order valence-corrected chi connectivity index (χ0v) is 10.5. The van der Waals surface area contributed by atoms with Gasteiger partial charge in [0.15, 0.2) is 0 Å². The largest absolute Gasteiger partial charge is 0.383 e. The lowest BCUT2D eigenvalue weighted by Crippen LogP contribution is -2.12. The quantitative estimate of drug-likeness (QED) is 0.838. The molecule has 4 nitrogen and oxygen atoms in total. The predicted molar refractivity (Wildman–Crippen MR) is 75.4 cm³/mol. The lowest BCUT2D eigenvalue weighted by atomic mass is 9.84. The Hall–Kier alpha value is -3.11. The molecule has 94 valence electrons. The first-order valence-electron chi connectivity index (χ1n) is 6.12. The fourth-order valence-corrected chi connectivity index (χ4v) is 2.50. The van der Waals surface area contributed by atoms with Crippen LogP contribution in [0.3, 0.4) is 0 Å². The number of benzene rings is 1. The minimum atomic E-state index is -0.0947. The third-order valence-corrected chi connectivity index (χ3v) is 3.40. The Morgan fingerprint density at radius 2 is 2.05 bits per heavy atom. The van der Waals surface area contributed by atoms with Gasteiger partial charge < -0.3 is 5.73 Å². The number of hydrogen-bond donors (Lipinski definition) is 1. The minimum absolute atomic E-state index is 0.0947. The number of allylic oxidation sites excluding steroid dienone is 4. The summed E-state index contributed by atoms with van der Waals surface area (Å²) in [7, 11) is 0. The molecule has 1 aromatic carbocycles. The highest BCUT2D eigenvalue weighted by molar-refractivity contribution is 6.06. The van der Waals surface area contributed by atoms with Gasteiger partial charge in [-0.25, -0.2) is 4.99 Å². The SMILES string of the molecule is N#CC1=C2C(=CC=CC2c2cccc(C#N)c2)N=C1N. The molecular formula is C16H10N4. The van der Waals surface area contributed by atoms with E-state index in [0.717, 1.165) is 16.8 Å². The molecule has 1 unspecified atom stereocenters. The van der Waals surface area contributed by atoms with Gasteiger partial charge >= 0.3 is 0 Å². The van der Waals surface area contributed by atoms with Crippen LogP contribution in [0, 0.1) is 22.7 Å². The Bertz CT molecular complexity index is 795. The summed E-state index contributed by atoms with van der Waals surface area (Å²) in [6.07, 6.45) is 5.73. The Morgan fingerprint density at radius 3 is 2.80 bits per heavy atom. The topological polar surface area (TPSA) is 86.0 Å². The van der Waals surface area contributed by atoms with Crippen LogP contribution in [0.25, 0.3) is 0 Å². The van der Waals surface area contributed by atoms with Crippen LogP contribution in [0.1, 0.15) is 17.0 Å². The van der Waals surface area contributed by atoms with E-state index in [1.807, 2.05) is 36.4 Å². The first kappa shape index (κ1) is 12.0. The second-order valence-electron chi connectivity index (χ2n) is 4.55. The van der Waals surface area contributed by atoms with Crippen LogP contribution < -0.4 is 5.73 Å². The maximum atomic E-state index is 9.27. The molecular weight excluding hydrogens is 248 g/mol. The molecule has 0 fully saturated rings. The van der Waals surface area contributed by atoms with Gasteiger partial charge in [0.25, 0.3) is 0 Å². The molecule has 0 radical (unpaired) electrons. The zero-order chi connectivity index (χ0) is 14.1. The van der Waals surface area contributed by atoms with Crippen molar-refractivity contribution >= 4 is 5.84 Å². The molecule has 0 saturated carbocycles. The normalized spacial score (nSPS) is 19.8. The molecule has 0 bridgehead atoms. The van der Waals surface area contributed by atoms with Crippen LogP contribution in [0.5, 0.6) is 0 Å². The summed E-state index contributed by atoms with van der Waals surface area (Å²) >= 11 is 0. The highest BCUT2D eigenvalue weighted by atomic mass is 14.9. The van der Waals surface area contributed by atoms with Crippen molar-refractivity contribution in [3.8, 4) is 12.1 Å². The van der Waals surface area contributed by atoms with E-state index in [1.54, 1.807) is 6.07 Å². The Labute approximate surface area is 116 Å². The van der Waals surface area contributed by atoms with Gasteiger partial charge in [0.05, 0.1) is 17.3 Å². The summed E-state index contributed by atoms with van der Waals surface area (Å²) < 4.78 is 0. The number of aliphatic imine (C=N–C) groups is 1. The molecule has 0 spiro atoms. The maximum Gasteiger partial charge on any atom is 0.142 e. The van der Waals surface area contributed by atoms with Gasteiger partial charge in [-0.2, -0.15) is 10.5 Å². The van der Waals surface area contributed by atoms with Crippen molar-refractivity contribution in [2.75, 3.05) is 0 Å². The average Bonchev–Trinajstić information content (AvgIpc) is 2.82. The van der Waals surface area contributed by atoms with E-state index >= 15 is 0 Å². The second-order valence-corrected chi connectivity index (χ2v) is 4.55. The summed E-state index contributed by atoms with van der Waals surface area (Å²) in [6, 6.07) is 11.6. The van der Waals surface area contributed by atoms with Crippen LogP contribution in [-0.2, 0) is 0 Å². The van der Waals surface area contributed by atoms with Crippen LogP contribution in [0.4, 0.5) is 0 Å². The summed E-state index contributed by atoms with van der Waals surface area (Å²) in [5.74, 6) is 0.168. The van der Waals surface area contributed by atoms with Crippen molar-refractivity contribution < 1.29 is 0 Å². The van der Waals surface area contributed by atoms with Crippen LogP contribution >= 0.6 is 0 Å². The van der Waals surface area contributed by atoms with Crippen molar-refractivity contribution in [1.82, 2.24) is 0 Å². The standard InChI is InChI=1S/C16H10N4/c17-8-10-3-1-4-11(7-10)12-5-2-6-14-15(12)13(9-18)16(19)20-14/h1-7,12H,(H2,19,20). The molecule has 1 aliphatic carbocycles. The molecule has 1 aromatic rings. The minimum Gasteiger partial charge on any atom is -0.383 e. The van der Waals surface area contributed by atoms with Gasteiger partial charge in [0.2, 0.25) is 0 Å². The third-order valence-electron chi connectivity index (χ3n) is 3.40. The summed E-state index contributed by atoms with van der Waals surface area (Å²) in [5.41, 5.74) is 9.32. The summed E-state index contributed by atoms with van der Waals surface area (Å²) in [4.78, 5) is 4.22. The summed E-state index contributed by atoms with van der Waals surface area (Å²) in [6.45, 7) is 0. The Morgan fingerprint density at radius 1 is 1.20 bits per heavy atom. The van der Waals surface area contributed by atoms with E-state index in [0.29, 0.717) is 11.1 Å². The average molecular weight is 258 g/mol. The van der Waals surface area contributed by atoms with Crippen molar-refractivity contribution in [3.63, 3.8) is 0 Å². The number of nitriles is 2. The molecule has 4 heteroatoms. The first-order chi connectivity index (χ1) is 9.74. The Kier molecular flexibility index (Phi) is 2.71. The number of nitrogens with two attached hydrogens (primary N) is 1. The second kappa shape index (κ2) is 4.53. The number of amidine groups is 1. The monoisotopic (exact) mass is 258 g/mol. The lowest BCUT2D eigenvalue weighted by molar-refractivity contribution is 0.981. The zero-order valence-electron chi connectivity index (χ0n) is 10.5. The molecule has 2 N–H and O–H groups in total. The smallest absolute Gasteiger partial charge is 0.142 e. The van der Waals surface area contributed by atoms with Gasteiger partial charge in [-0.3, -0.25) is 0 Å². The van der Waals surface area contributed by atoms with Crippen molar-refractivity contribution in [3.05, 3.63) is 70.5 Å². The van der Waals surface area contributed by atoms with Gasteiger partial charge in [-0.15, -0.1) is 0 Å². The van der Waals surface area contributed by atoms with E-state index in [9.17, 15) is 5.26 Å². The van der Waals surface area contributed by atoms with E-state index in [1.165, 1.54) is 0 Å². The number of rotatable bonds is 1. The van der Waals surface area contributed by atoms with E-state index in [4.69, 9.17) is 11.0 Å². The maximum absolute atomic E-state index is 9.27. The van der Waals surface area contributed by atoms with Crippen LogP contribution in [0.2, 0.25) is 0 Å². The molecule has 0 aromatic heterocycles. The molecule has 2 aliphatic rings. The van der Waals surface area contributed by atoms with Gasteiger partial charge in [-0.05, 0) is 23.8 Å². The fraction of sp³-hybridized carbons (Fsp3) is 0.0625. The molecule has 1 atom stereocenters. The molecule has 1 aliphatic heterocycles. The Balaban J connectivity index is 2.14. The highest BCUT2D eigenvalue weighted by Gasteiger charge is 2.29. The van der Waals surface area contributed by atoms with E-state index in [2.05, 4.69) is 17.1 Å². The molecule has 0 saturated heterocycles. The van der Waals surface area contributed by atoms with Gasteiger partial charge in [0.1, 0.15) is 17.5 Å². The summed E-state index contributed by atoms with van der Waals surface area (Å²) in [5, 5.41) is 18.3. The molecule has 20 heavy (non-hydrogen) atoms. The lowest BCUT2D eigenvalue weighted by Gasteiger charge is -2.19. The van der Waals surface area contributed by atoms with Crippen molar-refractivity contribution in [2.45, 2.75) is 5.92 Å². The van der Waals surface area contributed by atoms with Crippen LogP contribution in [-0.4, -0.2) is 5.84 Å². The molecule has 3 rings (SSSR count). The van der Waals surface area contributed by atoms with E-state index < -0.39 is 0 Å². The van der Waals surface area contributed by atoms with Crippen molar-refractivity contribution in [1.29, 1.82) is 10.5 Å². The number of hydrogen-bond acceptors (Lipinski definition) is 4. The van der Waals surface area contributed by atoms with E-state index in [-0.39, 0.29) is 11.8 Å². The number of fused-ring (bicyclic) bond motifs is 1. The van der Waals surface area contributed by atoms with Crippen molar-refractivity contribution in [2.24, 2.45) is 10.7 Å². The van der Waals surface area contributed by atoms with Gasteiger partial charge in [-0.1, -0.05) is 24.3 Å². The van der Waals surface area contributed by atoms with Crippen LogP contribution in [0.15, 0.2) is 64.3 Å². The molecule has 0 amide bonds.